The van der Waals surface area contributed by atoms with E-state index in [-0.39, 0.29) is 0 Å². The molecule has 0 heterocycles. The normalized spacial score (nSPS) is 12.4. The zero-order valence-electron chi connectivity index (χ0n) is 12.0. The van der Waals surface area contributed by atoms with E-state index in [1.165, 1.54) is 5.56 Å². The van der Waals surface area contributed by atoms with Crippen LogP contribution in [0.25, 0.3) is 0 Å². The first-order valence-electron chi connectivity index (χ1n) is 6.84. The molecule has 0 aliphatic rings. The Bertz CT molecular complexity index is 363. The van der Waals surface area contributed by atoms with Gasteiger partial charge in [0.05, 0.1) is 13.7 Å². The van der Waals surface area contributed by atoms with Crippen molar-refractivity contribution in [1.82, 2.24) is 5.32 Å². The number of benzene rings is 1. The smallest absolute Gasteiger partial charge is 0.119 e. The van der Waals surface area contributed by atoms with E-state index >= 15 is 0 Å². The van der Waals surface area contributed by atoms with E-state index < -0.39 is 0 Å². The lowest BCUT2D eigenvalue weighted by molar-refractivity contribution is 0.122. The van der Waals surface area contributed by atoms with Gasteiger partial charge in [-0.3, -0.25) is 0 Å². The number of nitrogens with one attached hydrogen (secondary N) is 1. The summed E-state index contributed by atoms with van der Waals surface area (Å²) >= 11 is 3.60. The number of halogens is 1. The second kappa shape index (κ2) is 9.34. The monoisotopic (exact) mass is 329 g/mol. The molecular formula is C15H24BrNO2. The molecule has 0 spiro atoms. The van der Waals surface area contributed by atoms with E-state index in [0.717, 1.165) is 42.8 Å². The fourth-order valence-electron chi connectivity index (χ4n) is 1.90. The highest BCUT2D eigenvalue weighted by Crippen LogP contribution is 2.23. The maximum absolute atomic E-state index is 5.55. The molecule has 1 aromatic rings. The van der Waals surface area contributed by atoms with Crippen LogP contribution < -0.4 is 10.1 Å². The van der Waals surface area contributed by atoms with Crippen molar-refractivity contribution in [2.45, 2.75) is 32.7 Å². The van der Waals surface area contributed by atoms with Crippen molar-refractivity contribution in [3.63, 3.8) is 0 Å². The Labute approximate surface area is 124 Å². The van der Waals surface area contributed by atoms with Crippen LogP contribution in [-0.4, -0.2) is 32.9 Å². The fraction of sp³-hybridized carbons (Fsp3) is 0.600. The molecule has 19 heavy (non-hydrogen) atoms. The lowest BCUT2D eigenvalue weighted by Crippen LogP contribution is -2.36. The van der Waals surface area contributed by atoms with Gasteiger partial charge < -0.3 is 14.8 Å². The van der Waals surface area contributed by atoms with Crippen LogP contribution in [0.1, 0.15) is 25.8 Å². The van der Waals surface area contributed by atoms with E-state index in [1.807, 2.05) is 19.1 Å². The Morgan fingerprint density at radius 2 is 2.11 bits per heavy atom. The van der Waals surface area contributed by atoms with Gasteiger partial charge in [-0.1, -0.05) is 22.9 Å². The van der Waals surface area contributed by atoms with Crippen LogP contribution in [0.5, 0.6) is 5.75 Å². The first-order chi connectivity index (χ1) is 9.21. The first kappa shape index (κ1) is 16.5. The van der Waals surface area contributed by atoms with Crippen molar-refractivity contribution in [1.29, 1.82) is 0 Å². The van der Waals surface area contributed by atoms with Crippen LogP contribution in [-0.2, 0) is 11.2 Å². The standard InChI is InChI=1S/C15H24BrNO2/c1-4-8-17-13(11-19-5-2)9-12-10-14(18-3)6-7-15(12)16/h6-7,10,13,17H,4-5,8-9,11H2,1-3H3. The summed E-state index contributed by atoms with van der Waals surface area (Å²) in [6.45, 7) is 6.70. The summed E-state index contributed by atoms with van der Waals surface area (Å²) in [5.41, 5.74) is 1.24. The van der Waals surface area contributed by atoms with Crippen LogP contribution in [0.2, 0.25) is 0 Å². The summed E-state index contributed by atoms with van der Waals surface area (Å²) in [6, 6.07) is 6.41. The Balaban J connectivity index is 2.70. The van der Waals surface area contributed by atoms with Gasteiger partial charge in [0.25, 0.3) is 0 Å². The summed E-state index contributed by atoms with van der Waals surface area (Å²) < 4.78 is 12.0. The molecule has 0 bridgehead atoms. The molecule has 0 aromatic heterocycles. The van der Waals surface area contributed by atoms with Crippen molar-refractivity contribution < 1.29 is 9.47 Å². The molecule has 0 fully saturated rings. The topological polar surface area (TPSA) is 30.5 Å². The Morgan fingerprint density at radius 1 is 1.32 bits per heavy atom. The molecule has 1 N–H and O–H groups in total. The van der Waals surface area contributed by atoms with Gasteiger partial charge in [0.15, 0.2) is 0 Å². The molecule has 1 aromatic carbocycles. The lowest BCUT2D eigenvalue weighted by Gasteiger charge is -2.19. The van der Waals surface area contributed by atoms with Gasteiger partial charge in [0, 0.05) is 17.1 Å². The second-order valence-corrected chi connectivity index (χ2v) is 5.33. The molecule has 0 aliphatic heterocycles. The molecule has 0 amide bonds. The highest BCUT2D eigenvalue weighted by Gasteiger charge is 2.12. The van der Waals surface area contributed by atoms with Crippen LogP contribution in [0, 0.1) is 0 Å². The molecule has 1 unspecified atom stereocenters. The van der Waals surface area contributed by atoms with E-state index in [2.05, 4.69) is 34.2 Å². The predicted molar refractivity (Wildman–Crippen MR) is 83.0 cm³/mol. The SMILES string of the molecule is CCCNC(COCC)Cc1cc(OC)ccc1Br. The number of rotatable bonds is 9. The van der Waals surface area contributed by atoms with Crippen molar-refractivity contribution in [2.75, 3.05) is 26.9 Å². The Kier molecular flexibility index (Phi) is 8.10. The highest BCUT2D eigenvalue weighted by atomic mass is 79.9. The Hall–Kier alpha value is -0.580. The number of hydrogen-bond donors (Lipinski definition) is 1. The van der Waals surface area contributed by atoms with Gasteiger partial charge in [-0.2, -0.15) is 0 Å². The van der Waals surface area contributed by atoms with Gasteiger partial charge in [-0.15, -0.1) is 0 Å². The van der Waals surface area contributed by atoms with E-state index in [4.69, 9.17) is 9.47 Å². The van der Waals surface area contributed by atoms with Crippen LogP contribution in [0.3, 0.4) is 0 Å². The van der Waals surface area contributed by atoms with Gasteiger partial charge in [-0.25, -0.2) is 0 Å². The quantitative estimate of drug-likeness (QED) is 0.753. The molecular weight excluding hydrogens is 306 g/mol. The number of methoxy groups -OCH3 is 1. The molecule has 0 radical (unpaired) electrons. The van der Waals surface area contributed by atoms with E-state index in [1.54, 1.807) is 7.11 Å². The summed E-state index contributed by atoms with van der Waals surface area (Å²) in [4.78, 5) is 0. The summed E-state index contributed by atoms with van der Waals surface area (Å²) in [5, 5.41) is 3.53. The lowest BCUT2D eigenvalue weighted by atomic mass is 10.1. The molecule has 108 valence electrons. The zero-order valence-corrected chi connectivity index (χ0v) is 13.6. The van der Waals surface area contributed by atoms with Crippen LogP contribution >= 0.6 is 15.9 Å². The minimum atomic E-state index is 0.336. The van der Waals surface area contributed by atoms with Crippen molar-refractivity contribution in [3.8, 4) is 5.75 Å². The third-order valence-electron chi connectivity index (χ3n) is 2.93. The molecule has 0 aliphatic carbocycles. The number of hydrogen-bond acceptors (Lipinski definition) is 3. The highest BCUT2D eigenvalue weighted by molar-refractivity contribution is 9.10. The third-order valence-corrected chi connectivity index (χ3v) is 3.70. The molecule has 4 heteroatoms. The van der Waals surface area contributed by atoms with Crippen molar-refractivity contribution in [2.24, 2.45) is 0 Å². The molecule has 0 saturated carbocycles. The molecule has 1 atom stereocenters. The first-order valence-corrected chi connectivity index (χ1v) is 7.64. The van der Waals surface area contributed by atoms with Gasteiger partial charge in [0.1, 0.15) is 5.75 Å². The van der Waals surface area contributed by atoms with Crippen molar-refractivity contribution in [3.05, 3.63) is 28.2 Å². The largest absolute Gasteiger partial charge is 0.497 e. The minimum absolute atomic E-state index is 0.336. The van der Waals surface area contributed by atoms with Crippen LogP contribution in [0.15, 0.2) is 22.7 Å². The van der Waals surface area contributed by atoms with Gasteiger partial charge >= 0.3 is 0 Å². The fourth-order valence-corrected chi connectivity index (χ4v) is 2.31. The molecule has 1 rings (SSSR count). The Morgan fingerprint density at radius 3 is 2.74 bits per heavy atom. The van der Waals surface area contributed by atoms with Crippen LogP contribution in [0.4, 0.5) is 0 Å². The minimum Gasteiger partial charge on any atom is -0.497 e. The van der Waals surface area contributed by atoms with Crippen molar-refractivity contribution >= 4 is 15.9 Å². The number of ether oxygens (including phenoxy) is 2. The average Bonchev–Trinajstić information content (AvgIpc) is 2.43. The predicted octanol–water partition coefficient (Wildman–Crippen LogP) is 3.40. The second-order valence-electron chi connectivity index (χ2n) is 4.47. The molecule has 3 nitrogen and oxygen atoms in total. The summed E-state index contributed by atoms with van der Waals surface area (Å²) in [5.74, 6) is 0.892. The van der Waals surface area contributed by atoms with E-state index in [9.17, 15) is 0 Å². The third kappa shape index (κ3) is 5.93. The summed E-state index contributed by atoms with van der Waals surface area (Å²) in [7, 11) is 1.69. The molecule has 0 saturated heterocycles. The average molecular weight is 330 g/mol. The van der Waals surface area contributed by atoms with Gasteiger partial charge in [-0.05, 0) is 50.1 Å². The van der Waals surface area contributed by atoms with E-state index in [0.29, 0.717) is 6.04 Å². The van der Waals surface area contributed by atoms with Gasteiger partial charge in [0.2, 0.25) is 0 Å². The summed E-state index contributed by atoms with van der Waals surface area (Å²) in [6.07, 6.45) is 2.06. The maximum Gasteiger partial charge on any atom is 0.119 e. The zero-order chi connectivity index (χ0) is 14.1. The maximum atomic E-state index is 5.55.